The molecule has 1 aliphatic heterocycles. The standard InChI is InChI=1S/2AsO3.2Pb/c2*2-1(3)4;;/q2*-2;2*+2. The molecule has 0 amide bonds. The summed E-state index contributed by atoms with van der Waals surface area (Å²) in [6, 6.07) is 0. The molecule has 10 heteroatoms. The summed E-state index contributed by atoms with van der Waals surface area (Å²) >= 11 is -9.01. The van der Waals surface area contributed by atoms with Crippen LogP contribution in [0.1, 0.15) is 0 Å². The average Bonchev–Trinajstić information content (AvgIpc) is 1.84. The van der Waals surface area contributed by atoms with Gasteiger partial charge in [0, 0.05) is 0 Å². The fourth-order valence-electron chi connectivity index (χ4n) is 0.192. The van der Waals surface area contributed by atoms with E-state index in [2.05, 4.69) is 0 Å². The van der Waals surface area contributed by atoms with Gasteiger partial charge in [0.2, 0.25) is 0 Å². The van der Waals surface area contributed by atoms with Crippen LogP contribution in [-0.2, 0) is 14.2 Å². The molecule has 0 aromatic carbocycles. The van der Waals surface area contributed by atoms with Crippen molar-refractivity contribution in [2.24, 2.45) is 0 Å². The molecule has 1 saturated heterocycles. The van der Waals surface area contributed by atoms with E-state index in [0.29, 0.717) is 0 Å². The molecule has 6 radical (unpaired) electrons. The van der Waals surface area contributed by atoms with Crippen molar-refractivity contribution in [2.75, 3.05) is 0 Å². The molecule has 1 fully saturated rings. The molecule has 1 aliphatic rings. The summed E-state index contributed by atoms with van der Waals surface area (Å²) < 4.78 is 40.0. The maximum atomic E-state index is 10.6. The second kappa shape index (κ2) is 5.95. The molecule has 0 aromatic rings. The quantitative estimate of drug-likeness (QED) is 0.280. The molecule has 0 aromatic heterocycles. The van der Waals surface area contributed by atoms with Gasteiger partial charge in [0.05, 0.1) is 0 Å². The first kappa shape index (κ1) is 10.5. The first-order chi connectivity index (χ1) is 4.79. The van der Waals surface area contributed by atoms with Crippen LogP contribution < -0.4 is 0 Å². The van der Waals surface area contributed by atoms with Gasteiger partial charge in [0.25, 0.3) is 0 Å². The molecule has 10 heavy (non-hydrogen) atoms. The van der Waals surface area contributed by atoms with E-state index in [1.807, 2.05) is 0 Å². The van der Waals surface area contributed by atoms with Gasteiger partial charge in [-0.2, -0.15) is 0 Å². The van der Waals surface area contributed by atoms with E-state index < -0.39 is 80.8 Å². The van der Waals surface area contributed by atoms with Crippen LogP contribution >= 0.6 is 0 Å². The fraction of sp³-hybridized carbons (Fsp3) is 0. The molecule has 0 saturated carbocycles. The van der Waals surface area contributed by atoms with E-state index in [1.165, 1.54) is 0 Å². The number of rotatable bonds is 0. The molecule has 0 atom stereocenters. The van der Waals surface area contributed by atoms with Gasteiger partial charge in [0.1, 0.15) is 0 Å². The summed E-state index contributed by atoms with van der Waals surface area (Å²) in [5, 5.41) is 0. The molecule has 0 spiro atoms. The molecule has 0 aliphatic carbocycles. The van der Waals surface area contributed by atoms with Crippen molar-refractivity contribution < 1.29 is 14.2 Å². The Bertz CT molecular complexity index is 126. The third kappa shape index (κ3) is 4.43. The van der Waals surface area contributed by atoms with Crippen molar-refractivity contribution in [2.45, 2.75) is 0 Å². The second-order valence-corrected chi connectivity index (χ2v) is 20.4. The Morgan fingerprint density at radius 1 is 0.800 bits per heavy atom. The fourth-order valence-corrected chi connectivity index (χ4v) is 28.4. The number of hydrogen-bond acceptors (Lipinski definition) is 6. The van der Waals surface area contributed by atoms with Gasteiger partial charge in [-0.15, -0.1) is 0 Å². The molecular weight excluding hydrogens is 660 g/mol. The first-order valence-electron chi connectivity index (χ1n) is 1.91. The van der Waals surface area contributed by atoms with E-state index in [0.717, 1.165) is 0 Å². The van der Waals surface area contributed by atoms with Crippen LogP contribution in [0.15, 0.2) is 0 Å². The van der Waals surface area contributed by atoms with Crippen LogP contribution in [-0.4, -0.2) is 80.8 Å². The summed E-state index contributed by atoms with van der Waals surface area (Å²) in [6.45, 7) is 0. The van der Waals surface area contributed by atoms with Crippen molar-refractivity contribution >= 4 is 80.8 Å². The van der Waals surface area contributed by atoms with Crippen molar-refractivity contribution in [3.8, 4) is 0 Å². The summed E-state index contributed by atoms with van der Waals surface area (Å²) in [5.41, 5.74) is 0. The van der Waals surface area contributed by atoms with Crippen LogP contribution in [0.4, 0.5) is 0 Å². The van der Waals surface area contributed by atoms with Gasteiger partial charge in [0.15, 0.2) is 0 Å². The molecule has 1 rings (SSSR count). The van der Waals surface area contributed by atoms with E-state index in [-0.39, 0.29) is 0 Å². The Hall–Kier alpha value is 2.40. The normalized spacial score (nSPS) is 29.2. The Labute approximate surface area is 93.3 Å². The van der Waals surface area contributed by atoms with Gasteiger partial charge in [-0.3, -0.25) is 0 Å². The monoisotopic (exact) mass is 662 g/mol. The average molecular weight is 660 g/mol. The minimum absolute atomic E-state index is 1.80. The van der Waals surface area contributed by atoms with Gasteiger partial charge < -0.3 is 0 Å². The van der Waals surface area contributed by atoms with Crippen molar-refractivity contribution in [1.29, 1.82) is 0 Å². The topological polar surface area (TPSA) is 71.1 Å². The Balaban J connectivity index is 2.34. The van der Waals surface area contributed by atoms with Crippen molar-refractivity contribution in [3.05, 3.63) is 0 Å². The van der Waals surface area contributed by atoms with Crippen molar-refractivity contribution in [3.63, 3.8) is 0 Å². The Morgan fingerprint density at radius 2 is 1.10 bits per heavy atom. The molecule has 0 bridgehead atoms. The van der Waals surface area contributed by atoms with Crippen LogP contribution in [0.25, 0.3) is 0 Å². The molecule has 54 valence electrons. The van der Waals surface area contributed by atoms with E-state index >= 15 is 0 Å². The van der Waals surface area contributed by atoms with Gasteiger partial charge >= 0.3 is 95.0 Å². The summed E-state index contributed by atoms with van der Waals surface area (Å²) in [5.74, 6) is 0. The number of hydrogen-bond donors (Lipinski definition) is 0. The first-order valence-corrected chi connectivity index (χ1v) is 12.9. The van der Waals surface area contributed by atoms with E-state index in [4.69, 9.17) is 6.71 Å². The van der Waals surface area contributed by atoms with Gasteiger partial charge in [-0.1, -0.05) is 0 Å². The van der Waals surface area contributed by atoms with E-state index in [9.17, 15) is 7.48 Å². The summed E-state index contributed by atoms with van der Waals surface area (Å²) in [7, 11) is 0. The van der Waals surface area contributed by atoms with Crippen LogP contribution in [0, 0.1) is 0 Å². The van der Waals surface area contributed by atoms with Gasteiger partial charge in [-0.05, 0) is 0 Å². The SMILES string of the molecule is O=[As]1[O][Pb][O][As](=O)[O][Pb][O]1. The van der Waals surface area contributed by atoms with Crippen LogP contribution in [0.2, 0.25) is 0 Å². The zero-order valence-electron chi connectivity index (χ0n) is 4.34. The summed E-state index contributed by atoms with van der Waals surface area (Å²) in [4.78, 5) is 0. The predicted octanol–water partition coefficient (Wildman–Crippen LogP) is -2.03. The molecule has 0 N–H and O–H groups in total. The third-order valence-electron chi connectivity index (χ3n) is 0.447. The van der Waals surface area contributed by atoms with Crippen LogP contribution in [0.3, 0.4) is 0 Å². The predicted molar refractivity (Wildman–Crippen MR) is 28.7 cm³/mol. The summed E-state index contributed by atoms with van der Waals surface area (Å²) in [6.07, 6.45) is 0. The molecular formula is As2O6Pb2. The second-order valence-electron chi connectivity index (χ2n) is 0.979. The minimum atomic E-state index is -2.70. The van der Waals surface area contributed by atoms with Crippen molar-refractivity contribution in [1.82, 2.24) is 0 Å². The van der Waals surface area contributed by atoms with E-state index in [1.54, 1.807) is 0 Å². The molecule has 0 unspecified atom stereocenters. The van der Waals surface area contributed by atoms with Gasteiger partial charge in [-0.25, -0.2) is 0 Å². The zero-order valence-corrected chi connectivity index (χ0v) is 15.9. The third-order valence-corrected chi connectivity index (χ3v) is 20.4. The van der Waals surface area contributed by atoms with Crippen LogP contribution in [0.5, 0.6) is 0 Å². The zero-order chi connectivity index (χ0) is 7.40. The maximum absolute atomic E-state index is 10.6. The molecule has 1 heterocycles. The molecule has 6 nitrogen and oxygen atoms in total. The Morgan fingerprint density at radius 3 is 1.40 bits per heavy atom. The Kier molecular flexibility index (Phi) is 6.23.